The second-order valence-corrected chi connectivity index (χ2v) is 8.17. The van der Waals surface area contributed by atoms with Crippen molar-refractivity contribution in [3.63, 3.8) is 0 Å². The largest absolute Gasteiger partial charge is 0.382 e. The SMILES string of the molecule is CCS(=O)(=O)Nc1ccc(NC2CCCC2(C)C)cc1. The van der Waals surface area contributed by atoms with E-state index in [1.807, 2.05) is 12.1 Å². The quantitative estimate of drug-likeness (QED) is 0.875. The molecule has 0 saturated heterocycles. The smallest absolute Gasteiger partial charge is 0.232 e. The van der Waals surface area contributed by atoms with Gasteiger partial charge in [-0.1, -0.05) is 20.3 Å². The Morgan fingerprint density at radius 3 is 2.30 bits per heavy atom. The van der Waals surface area contributed by atoms with Gasteiger partial charge >= 0.3 is 0 Å². The first-order valence-corrected chi connectivity index (χ1v) is 8.85. The second kappa shape index (κ2) is 5.64. The van der Waals surface area contributed by atoms with Crippen LogP contribution in [0.15, 0.2) is 24.3 Å². The molecule has 5 heteroatoms. The molecule has 0 bridgehead atoms. The Kier molecular flexibility index (Phi) is 4.28. The first kappa shape index (κ1) is 15.2. The summed E-state index contributed by atoms with van der Waals surface area (Å²) in [6.45, 7) is 6.21. The molecule has 0 aromatic heterocycles. The molecule has 0 spiro atoms. The molecule has 0 radical (unpaired) electrons. The molecule has 1 fully saturated rings. The summed E-state index contributed by atoms with van der Waals surface area (Å²) >= 11 is 0. The molecule has 20 heavy (non-hydrogen) atoms. The first-order valence-electron chi connectivity index (χ1n) is 7.19. The number of benzene rings is 1. The van der Waals surface area contributed by atoms with Gasteiger partial charge in [-0.2, -0.15) is 0 Å². The van der Waals surface area contributed by atoms with Crippen LogP contribution in [0.1, 0.15) is 40.0 Å². The zero-order chi connectivity index (χ0) is 14.8. The average molecular weight is 296 g/mol. The zero-order valence-electron chi connectivity index (χ0n) is 12.4. The van der Waals surface area contributed by atoms with E-state index in [0.717, 1.165) is 5.69 Å². The van der Waals surface area contributed by atoms with Crippen LogP contribution >= 0.6 is 0 Å². The summed E-state index contributed by atoms with van der Waals surface area (Å²) in [6, 6.07) is 7.96. The van der Waals surface area contributed by atoms with E-state index in [0.29, 0.717) is 17.1 Å². The van der Waals surface area contributed by atoms with Gasteiger partial charge in [0.15, 0.2) is 0 Å². The molecule has 1 aromatic carbocycles. The summed E-state index contributed by atoms with van der Waals surface area (Å²) in [5.41, 5.74) is 1.98. The molecule has 2 rings (SSSR count). The summed E-state index contributed by atoms with van der Waals surface area (Å²) in [6.07, 6.45) is 3.70. The molecular formula is C15H24N2O2S. The van der Waals surface area contributed by atoms with Crippen LogP contribution in [0.3, 0.4) is 0 Å². The molecule has 1 unspecified atom stereocenters. The highest BCUT2D eigenvalue weighted by molar-refractivity contribution is 7.92. The van der Waals surface area contributed by atoms with Crippen molar-refractivity contribution in [2.45, 2.75) is 46.1 Å². The van der Waals surface area contributed by atoms with E-state index in [2.05, 4.69) is 23.9 Å². The lowest BCUT2D eigenvalue weighted by molar-refractivity contribution is 0.350. The van der Waals surface area contributed by atoms with Crippen LogP contribution in [-0.2, 0) is 10.0 Å². The maximum atomic E-state index is 11.5. The van der Waals surface area contributed by atoms with Crippen molar-refractivity contribution in [3.8, 4) is 0 Å². The standard InChI is InChI=1S/C15H24N2O2S/c1-4-20(18,19)17-13-9-7-12(8-10-13)16-14-6-5-11-15(14,2)3/h7-10,14,16-17H,4-6,11H2,1-3H3. The van der Waals surface area contributed by atoms with Crippen molar-refractivity contribution < 1.29 is 8.42 Å². The van der Waals surface area contributed by atoms with Gasteiger partial charge in [-0.3, -0.25) is 4.72 Å². The van der Waals surface area contributed by atoms with E-state index < -0.39 is 10.0 Å². The van der Waals surface area contributed by atoms with Crippen LogP contribution in [0.4, 0.5) is 11.4 Å². The van der Waals surface area contributed by atoms with Crippen LogP contribution in [-0.4, -0.2) is 20.2 Å². The molecule has 1 saturated carbocycles. The summed E-state index contributed by atoms with van der Waals surface area (Å²) in [5.74, 6) is 0.0866. The van der Waals surface area contributed by atoms with E-state index in [4.69, 9.17) is 0 Å². The second-order valence-electron chi connectivity index (χ2n) is 6.16. The Morgan fingerprint density at radius 2 is 1.80 bits per heavy atom. The minimum atomic E-state index is -3.20. The topological polar surface area (TPSA) is 58.2 Å². The molecule has 0 heterocycles. The van der Waals surface area contributed by atoms with Crippen LogP contribution in [0, 0.1) is 5.41 Å². The zero-order valence-corrected chi connectivity index (χ0v) is 13.3. The van der Waals surface area contributed by atoms with Crippen LogP contribution in [0.25, 0.3) is 0 Å². The Labute approximate surface area is 122 Å². The number of sulfonamides is 1. The molecule has 1 atom stereocenters. The van der Waals surface area contributed by atoms with Gasteiger partial charge in [0.1, 0.15) is 0 Å². The predicted octanol–water partition coefficient (Wildman–Crippen LogP) is 3.44. The predicted molar refractivity (Wildman–Crippen MR) is 84.6 cm³/mol. The monoisotopic (exact) mass is 296 g/mol. The molecule has 0 amide bonds. The normalized spacial score (nSPS) is 21.6. The van der Waals surface area contributed by atoms with E-state index >= 15 is 0 Å². The lowest BCUT2D eigenvalue weighted by atomic mass is 9.87. The van der Waals surface area contributed by atoms with Crippen molar-refractivity contribution in [3.05, 3.63) is 24.3 Å². The maximum Gasteiger partial charge on any atom is 0.232 e. The van der Waals surface area contributed by atoms with Gasteiger partial charge < -0.3 is 5.32 Å². The summed E-state index contributed by atoms with van der Waals surface area (Å²) in [4.78, 5) is 0. The van der Waals surface area contributed by atoms with Crippen molar-refractivity contribution in [2.75, 3.05) is 15.8 Å². The maximum absolute atomic E-state index is 11.5. The fourth-order valence-electron chi connectivity index (χ4n) is 2.68. The number of rotatable bonds is 5. The highest BCUT2D eigenvalue weighted by Gasteiger charge is 2.34. The fraction of sp³-hybridized carbons (Fsp3) is 0.600. The van der Waals surface area contributed by atoms with Gasteiger partial charge in [0, 0.05) is 17.4 Å². The lowest BCUT2D eigenvalue weighted by Gasteiger charge is -2.28. The van der Waals surface area contributed by atoms with Gasteiger partial charge in [-0.25, -0.2) is 8.42 Å². The third-order valence-corrected chi connectivity index (χ3v) is 5.44. The summed E-state index contributed by atoms with van der Waals surface area (Å²) in [5, 5.41) is 3.56. The molecule has 112 valence electrons. The molecule has 1 aliphatic rings. The van der Waals surface area contributed by atoms with Crippen molar-refractivity contribution >= 4 is 21.4 Å². The number of anilines is 2. The third-order valence-electron chi connectivity index (χ3n) is 4.14. The van der Waals surface area contributed by atoms with E-state index in [1.54, 1.807) is 19.1 Å². The van der Waals surface area contributed by atoms with Gasteiger partial charge in [-0.15, -0.1) is 0 Å². The molecule has 1 aliphatic carbocycles. The molecule has 1 aromatic rings. The van der Waals surface area contributed by atoms with E-state index in [9.17, 15) is 8.42 Å². The van der Waals surface area contributed by atoms with E-state index in [-0.39, 0.29) is 5.75 Å². The van der Waals surface area contributed by atoms with Crippen LogP contribution < -0.4 is 10.0 Å². The van der Waals surface area contributed by atoms with Crippen LogP contribution in [0.5, 0.6) is 0 Å². The molecule has 0 aliphatic heterocycles. The summed E-state index contributed by atoms with van der Waals surface area (Å²) in [7, 11) is -3.20. The highest BCUT2D eigenvalue weighted by Crippen LogP contribution is 2.39. The first-order chi connectivity index (χ1) is 9.32. The van der Waals surface area contributed by atoms with Gasteiger partial charge in [-0.05, 0) is 49.4 Å². The van der Waals surface area contributed by atoms with Crippen molar-refractivity contribution in [2.24, 2.45) is 5.41 Å². The third kappa shape index (κ3) is 3.66. The van der Waals surface area contributed by atoms with Gasteiger partial charge in [0.25, 0.3) is 0 Å². The minimum Gasteiger partial charge on any atom is -0.382 e. The number of hydrogen-bond acceptors (Lipinski definition) is 3. The van der Waals surface area contributed by atoms with Gasteiger partial charge in [0.05, 0.1) is 5.75 Å². The van der Waals surface area contributed by atoms with Crippen molar-refractivity contribution in [1.82, 2.24) is 0 Å². The molecule has 4 nitrogen and oxygen atoms in total. The Balaban J connectivity index is 2.02. The number of nitrogens with one attached hydrogen (secondary N) is 2. The molecular weight excluding hydrogens is 272 g/mol. The Morgan fingerprint density at radius 1 is 1.20 bits per heavy atom. The van der Waals surface area contributed by atoms with Crippen molar-refractivity contribution in [1.29, 1.82) is 0 Å². The van der Waals surface area contributed by atoms with Crippen LogP contribution in [0.2, 0.25) is 0 Å². The Bertz CT molecular complexity index is 550. The highest BCUT2D eigenvalue weighted by atomic mass is 32.2. The van der Waals surface area contributed by atoms with E-state index in [1.165, 1.54) is 19.3 Å². The molecule has 2 N–H and O–H groups in total. The van der Waals surface area contributed by atoms with Gasteiger partial charge in [0.2, 0.25) is 10.0 Å². The lowest BCUT2D eigenvalue weighted by Crippen LogP contribution is -2.30. The number of hydrogen-bond donors (Lipinski definition) is 2. The average Bonchev–Trinajstić information content (AvgIpc) is 2.71. The fourth-order valence-corrected chi connectivity index (χ4v) is 3.32. The summed E-state index contributed by atoms with van der Waals surface area (Å²) < 4.78 is 25.5. The minimum absolute atomic E-state index is 0.0866. The Hall–Kier alpha value is -1.23.